The first-order valence-corrected chi connectivity index (χ1v) is 9.32. The van der Waals surface area contributed by atoms with Crippen LogP contribution in [0.4, 0.5) is 4.79 Å². The lowest BCUT2D eigenvalue weighted by Gasteiger charge is -2.34. The van der Waals surface area contributed by atoms with Crippen molar-refractivity contribution in [2.45, 2.75) is 19.8 Å². The molecule has 1 atom stereocenters. The van der Waals surface area contributed by atoms with Gasteiger partial charge in [0.2, 0.25) is 0 Å². The highest BCUT2D eigenvalue weighted by Gasteiger charge is 2.36. The Labute approximate surface area is 169 Å². The van der Waals surface area contributed by atoms with E-state index in [1.807, 2.05) is 18.2 Å². The second kappa shape index (κ2) is 10.3. The molecule has 0 bridgehead atoms. The number of hydrogen-bond acceptors (Lipinski definition) is 6. The van der Waals surface area contributed by atoms with Crippen molar-refractivity contribution in [3.63, 3.8) is 0 Å². The lowest BCUT2D eigenvalue weighted by atomic mass is 9.86. The summed E-state index contributed by atoms with van der Waals surface area (Å²) in [6.45, 7) is 4.38. The number of ether oxygens (including phenoxy) is 3. The number of carbonyl (C=O) groups is 2. The summed E-state index contributed by atoms with van der Waals surface area (Å²) in [5.74, 6) is -1.04. The van der Waals surface area contributed by atoms with Gasteiger partial charge < -0.3 is 19.9 Å². The third-order valence-electron chi connectivity index (χ3n) is 4.29. The van der Waals surface area contributed by atoms with Gasteiger partial charge in [-0.25, -0.2) is 9.59 Å². The lowest BCUT2D eigenvalue weighted by molar-refractivity contribution is -0.136. The Bertz CT molecular complexity index is 791. The molecule has 0 saturated carbocycles. The van der Waals surface area contributed by atoms with Crippen molar-refractivity contribution in [2.75, 3.05) is 33.5 Å². The van der Waals surface area contributed by atoms with Crippen molar-refractivity contribution in [1.82, 2.24) is 4.90 Å². The van der Waals surface area contributed by atoms with E-state index in [2.05, 4.69) is 0 Å². The van der Waals surface area contributed by atoms with E-state index < -0.39 is 18.0 Å². The van der Waals surface area contributed by atoms with Crippen LogP contribution < -0.4 is 5.73 Å². The predicted octanol–water partition coefficient (Wildman–Crippen LogP) is 3.20. The van der Waals surface area contributed by atoms with E-state index in [4.69, 9.17) is 31.5 Å². The van der Waals surface area contributed by atoms with Crippen molar-refractivity contribution >= 4 is 23.7 Å². The monoisotopic (exact) mass is 408 g/mol. The van der Waals surface area contributed by atoms with Crippen LogP contribution in [-0.2, 0) is 19.0 Å². The fraction of sp³-hybridized carbons (Fsp3) is 0.400. The van der Waals surface area contributed by atoms with Crippen LogP contribution in [0.3, 0.4) is 0 Å². The maximum atomic E-state index is 12.6. The van der Waals surface area contributed by atoms with Gasteiger partial charge in [-0.05, 0) is 31.6 Å². The highest BCUT2D eigenvalue weighted by molar-refractivity contribution is 6.31. The Morgan fingerprint density at radius 1 is 1.29 bits per heavy atom. The number of allylic oxidation sites excluding steroid dienone is 2. The maximum Gasteiger partial charge on any atom is 0.418 e. The molecule has 2 rings (SSSR count). The quantitative estimate of drug-likeness (QED) is 0.550. The summed E-state index contributed by atoms with van der Waals surface area (Å²) in [7, 11) is 1.30. The van der Waals surface area contributed by atoms with Crippen LogP contribution in [0.5, 0.6) is 0 Å². The van der Waals surface area contributed by atoms with E-state index in [0.717, 1.165) is 5.56 Å². The maximum absolute atomic E-state index is 12.6. The van der Waals surface area contributed by atoms with Gasteiger partial charge in [-0.15, -0.1) is 0 Å². The largest absolute Gasteiger partial charge is 0.466 e. The average molecular weight is 409 g/mol. The van der Waals surface area contributed by atoms with Gasteiger partial charge in [0.15, 0.2) is 0 Å². The number of nitrogens with zero attached hydrogens (tertiary/aromatic N) is 1. The molecule has 0 fully saturated rings. The second-order valence-electron chi connectivity index (χ2n) is 6.02. The smallest absolute Gasteiger partial charge is 0.418 e. The highest BCUT2D eigenvalue weighted by atomic mass is 35.5. The zero-order valence-electron chi connectivity index (χ0n) is 16.2. The molecule has 0 spiro atoms. The van der Waals surface area contributed by atoms with Crippen LogP contribution >= 0.6 is 11.6 Å². The van der Waals surface area contributed by atoms with Crippen molar-refractivity contribution in [1.29, 1.82) is 0 Å². The SMILES string of the molecule is CCOC(=O)N1C(COCCN)=CC(c2ccccc2Cl)C(C(=O)OC)=C1C. The van der Waals surface area contributed by atoms with Gasteiger partial charge in [0.05, 0.1) is 38.2 Å². The molecular weight excluding hydrogens is 384 g/mol. The summed E-state index contributed by atoms with van der Waals surface area (Å²) >= 11 is 6.38. The minimum absolute atomic E-state index is 0.128. The number of halogens is 1. The fourth-order valence-corrected chi connectivity index (χ4v) is 3.34. The fourth-order valence-electron chi connectivity index (χ4n) is 3.08. The number of amides is 1. The zero-order chi connectivity index (χ0) is 20.7. The van der Waals surface area contributed by atoms with Gasteiger partial charge >= 0.3 is 12.1 Å². The molecule has 0 radical (unpaired) electrons. The molecule has 1 aliphatic rings. The number of hydrogen-bond donors (Lipinski definition) is 1. The van der Waals surface area contributed by atoms with Crippen molar-refractivity contribution < 1.29 is 23.8 Å². The summed E-state index contributed by atoms with van der Waals surface area (Å²) in [5, 5.41) is 0.504. The summed E-state index contributed by atoms with van der Waals surface area (Å²) < 4.78 is 15.7. The lowest BCUT2D eigenvalue weighted by Crippen LogP contribution is -2.37. The minimum atomic E-state index is -0.596. The number of esters is 1. The third kappa shape index (κ3) is 4.73. The van der Waals surface area contributed by atoms with Gasteiger partial charge in [-0.2, -0.15) is 0 Å². The third-order valence-corrected chi connectivity index (χ3v) is 4.63. The van der Waals surface area contributed by atoms with Crippen LogP contribution in [0.15, 0.2) is 47.3 Å². The number of rotatable bonds is 7. The molecule has 0 aromatic heterocycles. The summed E-state index contributed by atoms with van der Waals surface area (Å²) in [6.07, 6.45) is 1.18. The highest BCUT2D eigenvalue weighted by Crippen LogP contribution is 2.40. The van der Waals surface area contributed by atoms with Gasteiger partial charge in [-0.3, -0.25) is 4.90 Å². The van der Waals surface area contributed by atoms with Crippen molar-refractivity contribution in [3.05, 3.63) is 57.9 Å². The molecule has 7 nitrogen and oxygen atoms in total. The topological polar surface area (TPSA) is 91.1 Å². The predicted molar refractivity (Wildman–Crippen MR) is 106 cm³/mol. The van der Waals surface area contributed by atoms with E-state index in [1.54, 1.807) is 26.0 Å². The van der Waals surface area contributed by atoms with Gasteiger partial charge in [-0.1, -0.05) is 29.8 Å². The Hall–Kier alpha value is -2.35. The molecule has 1 aromatic carbocycles. The molecule has 28 heavy (non-hydrogen) atoms. The van der Waals surface area contributed by atoms with Crippen molar-refractivity contribution in [3.8, 4) is 0 Å². The first-order valence-electron chi connectivity index (χ1n) is 8.95. The molecule has 0 aliphatic carbocycles. The van der Waals surface area contributed by atoms with E-state index in [1.165, 1.54) is 12.0 Å². The normalized spacial score (nSPS) is 16.7. The number of carbonyl (C=O) groups excluding carboxylic acids is 2. The summed E-state index contributed by atoms with van der Waals surface area (Å²) in [5.41, 5.74) is 7.48. The van der Waals surface area contributed by atoms with Crippen LogP contribution in [-0.4, -0.2) is 50.4 Å². The Morgan fingerprint density at radius 2 is 2.00 bits per heavy atom. The summed E-state index contributed by atoms with van der Waals surface area (Å²) in [4.78, 5) is 26.5. The number of methoxy groups -OCH3 is 1. The minimum Gasteiger partial charge on any atom is -0.466 e. The van der Waals surface area contributed by atoms with Crippen LogP contribution in [0.1, 0.15) is 25.3 Å². The zero-order valence-corrected chi connectivity index (χ0v) is 17.0. The van der Waals surface area contributed by atoms with Crippen molar-refractivity contribution in [2.24, 2.45) is 5.73 Å². The van der Waals surface area contributed by atoms with E-state index >= 15 is 0 Å². The van der Waals surface area contributed by atoms with E-state index in [0.29, 0.717) is 35.1 Å². The summed E-state index contributed by atoms with van der Waals surface area (Å²) in [6, 6.07) is 7.22. The van der Waals surface area contributed by atoms with Gasteiger partial charge in [0.1, 0.15) is 0 Å². The first-order chi connectivity index (χ1) is 13.5. The first kappa shape index (κ1) is 21.9. The molecule has 1 unspecified atom stereocenters. The van der Waals surface area contributed by atoms with Crippen LogP contribution in [0, 0.1) is 0 Å². The van der Waals surface area contributed by atoms with E-state index in [-0.39, 0.29) is 13.2 Å². The number of benzene rings is 1. The molecule has 2 N–H and O–H groups in total. The molecule has 1 aliphatic heterocycles. The Balaban J connectivity index is 2.59. The van der Waals surface area contributed by atoms with Gasteiger partial charge in [0.25, 0.3) is 0 Å². The molecule has 1 aromatic rings. The molecular formula is C20H25ClN2O5. The molecule has 1 heterocycles. The molecule has 8 heteroatoms. The Kier molecular flexibility index (Phi) is 8.04. The molecule has 0 saturated heterocycles. The van der Waals surface area contributed by atoms with E-state index in [9.17, 15) is 9.59 Å². The molecule has 1 amide bonds. The van der Waals surface area contributed by atoms with Gasteiger partial charge in [0, 0.05) is 23.2 Å². The van der Waals surface area contributed by atoms with Crippen LogP contribution in [0.2, 0.25) is 5.02 Å². The Morgan fingerprint density at radius 3 is 2.61 bits per heavy atom. The second-order valence-corrected chi connectivity index (χ2v) is 6.43. The standard InChI is InChI=1S/C20H25ClN2O5/c1-4-28-20(25)23-13(2)18(19(24)26-3)16(11-14(23)12-27-10-9-22)15-7-5-6-8-17(15)21/h5-8,11,16H,4,9-10,12,22H2,1-3H3. The number of nitrogens with two attached hydrogens (primary N) is 1. The average Bonchev–Trinajstić information content (AvgIpc) is 2.67. The van der Waals surface area contributed by atoms with Crippen LogP contribution in [0.25, 0.3) is 0 Å². The molecule has 152 valence electrons.